The molecule has 0 bridgehead atoms. The van der Waals surface area contributed by atoms with E-state index < -0.39 is 16.5 Å². The Hall–Kier alpha value is -1.53. The van der Waals surface area contributed by atoms with Crippen LogP contribution in [0.1, 0.15) is 43.5 Å². The van der Waals surface area contributed by atoms with E-state index in [1.807, 2.05) is 5.38 Å². The summed E-state index contributed by atoms with van der Waals surface area (Å²) in [6.45, 7) is 3.78. The predicted molar refractivity (Wildman–Crippen MR) is 79.3 cm³/mol. The van der Waals surface area contributed by atoms with E-state index in [0.717, 1.165) is 12.8 Å². The van der Waals surface area contributed by atoms with Gasteiger partial charge in [0.1, 0.15) is 6.04 Å². The molecule has 0 radical (unpaired) electrons. The highest BCUT2D eigenvalue weighted by Gasteiger charge is 2.54. The number of hydrogen-bond donors (Lipinski definition) is 1. The van der Waals surface area contributed by atoms with Gasteiger partial charge in [0, 0.05) is 30.2 Å². The third kappa shape index (κ3) is 2.78. The second-order valence-corrected chi connectivity index (χ2v) is 6.52. The zero-order valence-corrected chi connectivity index (χ0v) is 13.1. The second-order valence-electron chi connectivity index (χ2n) is 5.74. The van der Waals surface area contributed by atoms with Crippen molar-refractivity contribution in [3.05, 3.63) is 22.4 Å². The SMILES string of the molecule is CC(CC(=O)c1ccsc1)C(=O)[N+]1(C(=O)O)CCC[C@H]1C. The first-order valence-corrected chi connectivity index (χ1v) is 8.05. The summed E-state index contributed by atoms with van der Waals surface area (Å²) in [6, 6.07) is 1.50. The van der Waals surface area contributed by atoms with Crippen molar-refractivity contribution in [3.8, 4) is 0 Å². The van der Waals surface area contributed by atoms with Crippen LogP contribution in [0.25, 0.3) is 0 Å². The summed E-state index contributed by atoms with van der Waals surface area (Å²) in [6.07, 6.45) is 0.420. The molecule has 21 heavy (non-hydrogen) atoms. The van der Waals surface area contributed by atoms with Crippen LogP contribution >= 0.6 is 11.3 Å². The van der Waals surface area contributed by atoms with Crippen molar-refractivity contribution >= 4 is 29.1 Å². The monoisotopic (exact) mass is 310 g/mol. The van der Waals surface area contributed by atoms with Crippen LogP contribution in [0.5, 0.6) is 0 Å². The number of carbonyl (C=O) groups is 3. The molecule has 0 aromatic carbocycles. The fourth-order valence-electron chi connectivity index (χ4n) is 3.08. The van der Waals surface area contributed by atoms with Gasteiger partial charge in [0.2, 0.25) is 0 Å². The minimum atomic E-state index is -1.10. The van der Waals surface area contributed by atoms with Crippen LogP contribution in [0.2, 0.25) is 0 Å². The first-order valence-electron chi connectivity index (χ1n) is 7.10. The average molecular weight is 310 g/mol. The third-order valence-corrected chi connectivity index (χ3v) is 5.06. The van der Waals surface area contributed by atoms with E-state index in [1.54, 1.807) is 25.3 Å². The van der Waals surface area contributed by atoms with E-state index in [0.29, 0.717) is 12.1 Å². The maximum atomic E-state index is 12.7. The Kier molecular flexibility index (Phi) is 4.58. The highest BCUT2D eigenvalue weighted by molar-refractivity contribution is 7.08. The lowest BCUT2D eigenvalue weighted by Crippen LogP contribution is -2.60. The van der Waals surface area contributed by atoms with Crippen molar-refractivity contribution in [2.75, 3.05) is 6.54 Å². The zero-order chi connectivity index (χ0) is 15.6. The summed E-state index contributed by atoms with van der Waals surface area (Å²) in [4.78, 5) is 36.4. The molecule has 1 fully saturated rings. The number of ketones is 1. The van der Waals surface area contributed by atoms with Crippen molar-refractivity contribution in [2.45, 2.75) is 39.2 Å². The second kappa shape index (κ2) is 6.07. The van der Waals surface area contributed by atoms with Crippen LogP contribution in [0.3, 0.4) is 0 Å². The van der Waals surface area contributed by atoms with Crippen LogP contribution < -0.4 is 0 Å². The van der Waals surface area contributed by atoms with Gasteiger partial charge in [-0.15, -0.1) is 0 Å². The summed E-state index contributed by atoms with van der Waals surface area (Å²) in [5.74, 6) is -1.04. The maximum Gasteiger partial charge on any atom is 0.521 e. The lowest BCUT2D eigenvalue weighted by Gasteiger charge is -2.31. The van der Waals surface area contributed by atoms with Gasteiger partial charge in [-0.1, -0.05) is 0 Å². The minimum absolute atomic E-state index is 0.0650. The third-order valence-electron chi connectivity index (χ3n) is 4.38. The van der Waals surface area contributed by atoms with Gasteiger partial charge >= 0.3 is 12.0 Å². The van der Waals surface area contributed by atoms with Crippen molar-refractivity contribution in [1.29, 1.82) is 0 Å². The van der Waals surface area contributed by atoms with Crippen LogP contribution in [0.4, 0.5) is 4.79 Å². The van der Waals surface area contributed by atoms with Crippen LogP contribution in [-0.2, 0) is 4.79 Å². The topological polar surface area (TPSA) is 71.4 Å². The van der Waals surface area contributed by atoms with E-state index in [9.17, 15) is 19.5 Å². The number of hydrogen-bond acceptors (Lipinski definition) is 4. The van der Waals surface area contributed by atoms with Gasteiger partial charge in [-0.05, 0) is 25.3 Å². The fourth-order valence-corrected chi connectivity index (χ4v) is 3.74. The number of imide groups is 1. The molecule has 2 rings (SSSR count). The molecule has 6 heteroatoms. The number of carboxylic acid groups (broad SMARTS) is 1. The molecular weight excluding hydrogens is 290 g/mol. The number of nitrogens with zero attached hydrogens (tertiary/aromatic N) is 1. The predicted octanol–water partition coefficient (Wildman–Crippen LogP) is 3.16. The first kappa shape index (κ1) is 15.9. The zero-order valence-electron chi connectivity index (χ0n) is 12.2. The van der Waals surface area contributed by atoms with Crippen LogP contribution in [0, 0.1) is 5.92 Å². The number of thiophene rings is 1. The van der Waals surface area contributed by atoms with Crippen molar-refractivity contribution in [3.63, 3.8) is 0 Å². The lowest BCUT2D eigenvalue weighted by atomic mass is 9.98. The van der Waals surface area contributed by atoms with Crippen molar-refractivity contribution in [2.24, 2.45) is 5.92 Å². The molecule has 1 aromatic heterocycles. The number of carbonyl (C=O) groups excluding carboxylic acids is 2. The Bertz CT molecular complexity index is 554. The highest BCUT2D eigenvalue weighted by Crippen LogP contribution is 2.31. The summed E-state index contributed by atoms with van der Waals surface area (Å²) in [5.41, 5.74) is 0.594. The number of rotatable bonds is 4. The average Bonchev–Trinajstić information content (AvgIpc) is 3.07. The van der Waals surface area contributed by atoms with Crippen LogP contribution in [-0.4, -0.2) is 40.0 Å². The molecule has 1 aromatic rings. The summed E-state index contributed by atoms with van der Waals surface area (Å²) < 4.78 is -0.530. The van der Waals surface area contributed by atoms with E-state index in [2.05, 4.69) is 0 Å². The van der Waals surface area contributed by atoms with Crippen molar-refractivity contribution < 1.29 is 24.0 Å². The number of Topliss-reactive ketones (excluding diaryl/α,β-unsaturated/α-hetero) is 1. The maximum absolute atomic E-state index is 12.7. The number of amides is 2. The standard InChI is InChI=1S/C15H19NO4S/c1-10(8-13(17)12-5-7-21-9-12)14(18)16(15(19)20)6-3-4-11(16)2/h5,7,9-11H,3-4,6,8H2,1-2H3/p+1/t10?,11-,16?/m1/s1. The van der Waals surface area contributed by atoms with Crippen LogP contribution in [0.15, 0.2) is 16.8 Å². The smallest absolute Gasteiger partial charge is 0.435 e. The Morgan fingerprint density at radius 3 is 2.67 bits per heavy atom. The fraction of sp³-hybridized carbons (Fsp3) is 0.533. The molecule has 0 saturated carbocycles. The van der Waals surface area contributed by atoms with Gasteiger partial charge in [0.25, 0.3) is 0 Å². The minimum Gasteiger partial charge on any atom is -0.435 e. The molecule has 3 atom stereocenters. The van der Waals surface area contributed by atoms with Gasteiger partial charge in [-0.25, -0.2) is 4.79 Å². The quantitative estimate of drug-likeness (QED) is 0.685. The Morgan fingerprint density at radius 1 is 1.48 bits per heavy atom. The Labute approximate surface area is 127 Å². The van der Waals surface area contributed by atoms with E-state index in [1.165, 1.54) is 11.3 Å². The molecule has 2 amide bonds. The summed E-state index contributed by atoms with van der Waals surface area (Å²) in [5, 5.41) is 13.1. The van der Waals surface area contributed by atoms with Crippen molar-refractivity contribution in [1.82, 2.24) is 0 Å². The van der Waals surface area contributed by atoms with E-state index in [-0.39, 0.29) is 24.2 Å². The lowest BCUT2D eigenvalue weighted by molar-refractivity contribution is -0.794. The largest absolute Gasteiger partial charge is 0.521 e. The van der Waals surface area contributed by atoms with Gasteiger partial charge in [-0.2, -0.15) is 20.6 Å². The molecule has 2 heterocycles. The van der Waals surface area contributed by atoms with Gasteiger partial charge in [0.05, 0.1) is 12.5 Å². The number of quaternary nitrogens is 1. The number of likely N-dealkylation sites (tertiary alicyclic amines) is 1. The summed E-state index contributed by atoms with van der Waals surface area (Å²) >= 11 is 1.43. The van der Waals surface area contributed by atoms with E-state index in [4.69, 9.17) is 0 Å². The molecule has 1 aliphatic rings. The normalized spacial score (nSPS) is 26.5. The Balaban J connectivity index is 2.14. The molecule has 0 spiro atoms. The molecular formula is C15H20NO4S+. The van der Waals surface area contributed by atoms with Gasteiger partial charge in [0.15, 0.2) is 5.78 Å². The first-order chi connectivity index (χ1) is 9.89. The molecule has 0 aliphatic carbocycles. The highest BCUT2D eigenvalue weighted by atomic mass is 32.1. The molecule has 2 unspecified atom stereocenters. The molecule has 1 N–H and O–H groups in total. The molecule has 1 saturated heterocycles. The van der Waals surface area contributed by atoms with Gasteiger partial charge in [-0.3, -0.25) is 4.79 Å². The molecule has 1 aliphatic heterocycles. The summed E-state index contributed by atoms with van der Waals surface area (Å²) in [7, 11) is 0. The molecule has 5 nitrogen and oxygen atoms in total. The van der Waals surface area contributed by atoms with E-state index >= 15 is 0 Å². The molecule has 114 valence electrons. The van der Waals surface area contributed by atoms with Gasteiger partial charge < -0.3 is 5.11 Å². The Morgan fingerprint density at radius 2 is 2.19 bits per heavy atom.